The Morgan fingerprint density at radius 1 is 1.39 bits per heavy atom. The van der Waals surface area contributed by atoms with E-state index < -0.39 is 0 Å². The van der Waals surface area contributed by atoms with E-state index in [2.05, 4.69) is 40.7 Å². The molecule has 0 aliphatic heterocycles. The summed E-state index contributed by atoms with van der Waals surface area (Å²) in [5.74, 6) is 0. The molecule has 1 aliphatic carbocycles. The standard InChI is InChI=1S/C18H24N4O/c1-18(9-4-7-15-6-2-3-8-16(15)18)21-17(23)20-10-5-12-22-13-11-19-14-22/h2-3,6,8,11,13-14H,4-5,7,9-10,12H2,1H3,(H2,20,21,23)/t18-/m1/s1. The van der Waals surface area contributed by atoms with E-state index in [1.807, 2.05) is 16.8 Å². The molecule has 0 saturated heterocycles. The van der Waals surface area contributed by atoms with Crippen molar-refractivity contribution in [1.82, 2.24) is 20.2 Å². The number of amides is 2. The molecule has 3 rings (SSSR count). The van der Waals surface area contributed by atoms with Crippen LogP contribution >= 0.6 is 0 Å². The maximum absolute atomic E-state index is 12.2. The minimum Gasteiger partial charge on any atom is -0.338 e. The smallest absolute Gasteiger partial charge is 0.315 e. The first-order chi connectivity index (χ1) is 11.2. The molecule has 1 heterocycles. The number of nitrogens with zero attached hydrogens (tertiary/aromatic N) is 2. The SMILES string of the molecule is C[C@@]1(NC(=O)NCCCn2ccnc2)CCCc2ccccc21. The minimum atomic E-state index is -0.275. The van der Waals surface area contributed by atoms with Crippen molar-refractivity contribution < 1.29 is 4.79 Å². The van der Waals surface area contributed by atoms with Crippen molar-refractivity contribution in [3.05, 3.63) is 54.1 Å². The Kier molecular flexibility index (Phi) is 4.65. The number of hydrogen-bond donors (Lipinski definition) is 2. The number of nitrogens with one attached hydrogen (secondary N) is 2. The van der Waals surface area contributed by atoms with Crippen LogP contribution in [0, 0.1) is 0 Å². The number of rotatable bonds is 5. The molecular formula is C18H24N4O. The fraction of sp³-hybridized carbons (Fsp3) is 0.444. The summed E-state index contributed by atoms with van der Waals surface area (Å²) in [5.41, 5.74) is 2.32. The molecule has 23 heavy (non-hydrogen) atoms. The summed E-state index contributed by atoms with van der Waals surface area (Å²) in [6, 6.07) is 8.33. The molecule has 0 fully saturated rings. The number of aromatic nitrogens is 2. The molecule has 0 bridgehead atoms. The lowest BCUT2D eigenvalue weighted by Gasteiger charge is -2.36. The van der Waals surface area contributed by atoms with Gasteiger partial charge in [0.15, 0.2) is 0 Å². The number of aryl methyl sites for hydroxylation is 2. The van der Waals surface area contributed by atoms with Gasteiger partial charge in [-0.05, 0) is 43.7 Å². The molecule has 2 N–H and O–H groups in total. The fourth-order valence-electron chi connectivity index (χ4n) is 3.35. The highest BCUT2D eigenvalue weighted by atomic mass is 16.2. The first-order valence-corrected chi connectivity index (χ1v) is 8.27. The fourth-order valence-corrected chi connectivity index (χ4v) is 3.35. The second-order valence-electron chi connectivity index (χ2n) is 6.38. The number of carbonyl (C=O) groups is 1. The summed E-state index contributed by atoms with van der Waals surface area (Å²) < 4.78 is 2.01. The number of hydrogen-bond acceptors (Lipinski definition) is 2. The Labute approximate surface area is 137 Å². The predicted octanol–water partition coefficient (Wildman–Crippen LogP) is 2.82. The van der Waals surface area contributed by atoms with Gasteiger partial charge in [-0.15, -0.1) is 0 Å². The number of carbonyl (C=O) groups excluding carboxylic acids is 1. The van der Waals surface area contributed by atoms with Gasteiger partial charge in [0, 0.05) is 25.5 Å². The van der Waals surface area contributed by atoms with Crippen molar-refractivity contribution in [3.8, 4) is 0 Å². The average Bonchev–Trinajstić information content (AvgIpc) is 3.05. The van der Waals surface area contributed by atoms with Crippen LogP contribution < -0.4 is 10.6 Å². The Morgan fingerprint density at radius 3 is 3.09 bits per heavy atom. The number of fused-ring (bicyclic) bond motifs is 1. The molecular weight excluding hydrogens is 288 g/mol. The lowest BCUT2D eigenvalue weighted by atomic mass is 9.78. The highest BCUT2D eigenvalue weighted by Gasteiger charge is 2.32. The van der Waals surface area contributed by atoms with Crippen LogP contribution in [0.3, 0.4) is 0 Å². The zero-order chi connectivity index (χ0) is 16.1. The largest absolute Gasteiger partial charge is 0.338 e. The van der Waals surface area contributed by atoms with Crippen LogP contribution in [-0.4, -0.2) is 22.1 Å². The summed E-state index contributed by atoms with van der Waals surface area (Å²) >= 11 is 0. The van der Waals surface area contributed by atoms with Gasteiger partial charge in [-0.25, -0.2) is 9.78 Å². The molecule has 1 aliphatic rings. The third kappa shape index (κ3) is 3.73. The van der Waals surface area contributed by atoms with E-state index in [1.54, 1.807) is 12.5 Å². The molecule has 1 aromatic carbocycles. The predicted molar refractivity (Wildman–Crippen MR) is 90.1 cm³/mol. The van der Waals surface area contributed by atoms with Crippen LogP contribution in [0.4, 0.5) is 4.79 Å². The lowest BCUT2D eigenvalue weighted by molar-refractivity contribution is 0.221. The van der Waals surface area contributed by atoms with Gasteiger partial charge in [0.2, 0.25) is 0 Å². The lowest BCUT2D eigenvalue weighted by Crippen LogP contribution is -2.50. The maximum Gasteiger partial charge on any atom is 0.315 e. The van der Waals surface area contributed by atoms with Crippen molar-refractivity contribution in [2.45, 2.75) is 44.7 Å². The van der Waals surface area contributed by atoms with Crippen LogP contribution in [-0.2, 0) is 18.5 Å². The van der Waals surface area contributed by atoms with Crippen molar-refractivity contribution in [1.29, 1.82) is 0 Å². The molecule has 2 amide bonds. The summed E-state index contributed by atoms with van der Waals surface area (Å²) in [5, 5.41) is 6.14. The van der Waals surface area contributed by atoms with Crippen molar-refractivity contribution in [3.63, 3.8) is 0 Å². The van der Waals surface area contributed by atoms with Gasteiger partial charge in [-0.3, -0.25) is 0 Å². The molecule has 0 spiro atoms. The molecule has 5 heteroatoms. The van der Waals surface area contributed by atoms with Gasteiger partial charge in [-0.2, -0.15) is 0 Å². The molecule has 0 unspecified atom stereocenters. The molecule has 0 saturated carbocycles. The molecule has 1 atom stereocenters. The minimum absolute atomic E-state index is 0.0881. The number of imidazole rings is 1. The van der Waals surface area contributed by atoms with Crippen molar-refractivity contribution in [2.24, 2.45) is 0 Å². The maximum atomic E-state index is 12.2. The normalized spacial score (nSPS) is 19.9. The molecule has 122 valence electrons. The van der Waals surface area contributed by atoms with Crippen LogP contribution in [0.1, 0.15) is 37.3 Å². The van der Waals surface area contributed by atoms with E-state index in [9.17, 15) is 4.79 Å². The Morgan fingerprint density at radius 2 is 2.26 bits per heavy atom. The topological polar surface area (TPSA) is 59.0 Å². The molecule has 1 aromatic heterocycles. The van der Waals surface area contributed by atoms with E-state index >= 15 is 0 Å². The van der Waals surface area contributed by atoms with Crippen LogP contribution in [0.5, 0.6) is 0 Å². The summed E-state index contributed by atoms with van der Waals surface area (Å²) in [6.07, 6.45) is 9.56. The van der Waals surface area contributed by atoms with Crippen LogP contribution in [0.2, 0.25) is 0 Å². The number of benzene rings is 1. The van der Waals surface area contributed by atoms with Gasteiger partial charge in [-0.1, -0.05) is 24.3 Å². The molecule has 2 aromatic rings. The zero-order valence-corrected chi connectivity index (χ0v) is 13.6. The quantitative estimate of drug-likeness (QED) is 0.834. The summed E-state index contributed by atoms with van der Waals surface area (Å²) in [7, 11) is 0. The van der Waals surface area contributed by atoms with E-state index in [-0.39, 0.29) is 11.6 Å². The second kappa shape index (κ2) is 6.86. The Balaban J connectivity index is 1.51. The van der Waals surface area contributed by atoms with E-state index in [0.717, 1.165) is 32.2 Å². The van der Waals surface area contributed by atoms with Gasteiger partial charge in [0.25, 0.3) is 0 Å². The van der Waals surface area contributed by atoms with Crippen molar-refractivity contribution in [2.75, 3.05) is 6.54 Å². The molecule has 5 nitrogen and oxygen atoms in total. The first kappa shape index (κ1) is 15.6. The van der Waals surface area contributed by atoms with Gasteiger partial charge >= 0.3 is 6.03 Å². The number of urea groups is 1. The monoisotopic (exact) mass is 312 g/mol. The van der Waals surface area contributed by atoms with Gasteiger partial charge < -0.3 is 15.2 Å². The van der Waals surface area contributed by atoms with E-state index in [1.165, 1.54) is 11.1 Å². The van der Waals surface area contributed by atoms with Crippen molar-refractivity contribution >= 4 is 6.03 Å². The van der Waals surface area contributed by atoms with Crippen LogP contribution in [0.25, 0.3) is 0 Å². The van der Waals surface area contributed by atoms with Crippen LogP contribution in [0.15, 0.2) is 43.0 Å². The Hall–Kier alpha value is -2.30. The highest BCUT2D eigenvalue weighted by Crippen LogP contribution is 2.34. The second-order valence-corrected chi connectivity index (χ2v) is 6.38. The van der Waals surface area contributed by atoms with Gasteiger partial charge in [0.05, 0.1) is 11.9 Å². The summed E-state index contributed by atoms with van der Waals surface area (Å²) in [4.78, 5) is 16.3. The summed E-state index contributed by atoms with van der Waals surface area (Å²) in [6.45, 7) is 3.64. The third-order valence-corrected chi connectivity index (χ3v) is 4.56. The van der Waals surface area contributed by atoms with E-state index in [4.69, 9.17) is 0 Å². The van der Waals surface area contributed by atoms with E-state index in [0.29, 0.717) is 6.54 Å². The average molecular weight is 312 g/mol. The first-order valence-electron chi connectivity index (χ1n) is 8.27. The van der Waals surface area contributed by atoms with Gasteiger partial charge in [0.1, 0.15) is 0 Å². The third-order valence-electron chi connectivity index (χ3n) is 4.56. The zero-order valence-electron chi connectivity index (χ0n) is 13.6. The molecule has 0 radical (unpaired) electrons. The highest BCUT2D eigenvalue weighted by molar-refractivity contribution is 5.75. The Bertz CT molecular complexity index is 653.